The Bertz CT molecular complexity index is 930. The molecule has 0 saturated heterocycles. The number of carbonyl (C=O) groups is 2. The van der Waals surface area contributed by atoms with Crippen molar-refractivity contribution in [1.29, 1.82) is 0 Å². The maximum absolute atomic E-state index is 12.7. The average molecular weight is 341 g/mol. The number of aryl methyl sites for hydroxylation is 1. The van der Waals surface area contributed by atoms with Crippen LogP contribution < -0.4 is 0 Å². The summed E-state index contributed by atoms with van der Waals surface area (Å²) < 4.78 is 0. The minimum absolute atomic E-state index is 0.326. The van der Waals surface area contributed by atoms with Gasteiger partial charge in [0.05, 0.1) is 5.56 Å². The first-order chi connectivity index (χ1) is 11.5. The largest absolute Gasteiger partial charge is 0.358 e. The number of para-hydroxylation sites is 1. The van der Waals surface area contributed by atoms with Gasteiger partial charge in [0.2, 0.25) is 0 Å². The number of halogens is 1. The van der Waals surface area contributed by atoms with Crippen molar-refractivity contribution in [2.45, 2.75) is 13.5 Å². The zero-order chi connectivity index (χ0) is 17.3. The molecule has 0 fully saturated rings. The second-order valence-corrected chi connectivity index (χ2v) is 6.23. The number of likely N-dealkylation sites (N-methyl/N-ethyl adjacent to an activating group) is 1. The normalized spacial score (nSPS) is 10.8. The van der Waals surface area contributed by atoms with Crippen LogP contribution in [0.3, 0.4) is 0 Å². The van der Waals surface area contributed by atoms with Crippen LogP contribution in [0.1, 0.15) is 21.6 Å². The maximum Gasteiger partial charge on any atom is 0.295 e. The molecule has 1 amide bonds. The van der Waals surface area contributed by atoms with Crippen molar-refractivity contribution in [2.24, 2.45) is 0 Å². The van der Waals surface area contributed by atoms with Crippen LogP contribution in [-0.4, -0.2) is 28.6 Å². The molecular formula is C19H17ClN2O2. The zero-order valence-electron chi connectivity index (χ0n) is 13.5. The molecule has 0 saturated carbocycles. The number of hydrogen-bond acceptors (Lipinski definition) is 2. The highest BCUT2D eigenvalue weighted by Gasteiger charge is 2.25. The number of benzene rings is 2. The van der Waals surface area contributed by atoms with Gasteiger partial charge >= 0.3 is 0 Å². The molecule has 3 rings (SSSR count). The van der Waals surface area contributed by atoms with E-state index in [4.69, 9.17) is 11.6 Å². The van der Waals surface area contributed by atoms with Gasteiger partial charge in [0.1, 0.15) is 0 Å². The van der Waals surface area contributed by atoms with E-state index in [2.05, 4.69) is 4.98 Å². The van der Waals surface area contributed by atoms with Crippen molar-refractivity contribution < 1.29 is 9.59 Å². The molecule has 1 aromatic heterocycles. The van der Waals surface area contributed by atoms with Gasteiger partial charge in [-0.3, -0.25) is 9.59 Å². The summed E-state index contributed by atoms with van der Waals surface area (Å²) >= 11 is 5.96. The van der Waals surface area contributed by atoms with Gasteiger partial charge < -0.3 is 9.88 Å². The Morgan fingerprint density at radius 2 is 1.88 bits per heavy atom. The molecule has 24 heavy (non-hydrogen) atoms. The lowest BCUT2D eigenvalue weighted by Gasteiger charge is -2.16. The lowest BCUT2D eigenvalue weighted by molar-refractivity contribution is -0.125. The predicted molar refractivity (Wildman–Crippen MR) is 95.3 cm³/mol. The van der Waals surface area contributed by atoms with Crippen LogP contribution in [0.4, 0.5) is 0 Å². The maximum atomic E-state index is 12.7. The third kappa shape index (κ3) is 3.05. The fourth-order valence-electron chi connectivity index (χ4n) is 2.83. The predicted octanol–water partition coefficient (Wildman–Crippen LogP) is 3.97. The van der Waals surface area contributed by atoms with E-state index in [9.17, 15) is 9.59 Å². The molecule has 3 aromatic rings. The summed E-state index contributed by atoms with van der Waals surface area (Å²) in [6, 6.07) is 14.7. The Labute approximate surface area is 145 Å². The number of amides is 1. The fourth-order valence-corrected chi connectivity index (χ4v) is 3.04. The number of fused-ring (bicyclic) bond motifs is 1. The highest BCUT2D eigenvalue weighted by Crippen LogP contribution is 2.23. The molecule has 5 heteroatoms. The standard InChI is InChI=1S/C19H17ClN2O2/c1-12-17(15-8-3-4-9-16(15)21-12)18(23)19(24)22(2)11-13-6-5-7-14(20)10-13/h3-10,21H,11H2,1-2H3. The van der Waals surface area contributed by atoms with Crippen LogP contribution in [0.2, 0.25) is 5.02 Å². The lowest BCUT2D eigenvalue weighted by Crippen LogP contribution is -2.33. The van der Waals surface area contributed by atoms with Gasteiger partial charge in [-0.15, -0.1) is 0 Å². The zero-order valence-corrected chi connectivity index (χ0v) is 14.2. The smallest absolute Gasteiger partial charge is 0.295 e. The van der Waals surface area contributed by atoms with Crippen LogP contribution in [0, 0.1) is 6.92 Å². The molecule has 0 spiro atoms. The summed E-state index contributed by atoms with van der Waals surface area (Å²) in [7, 11) is 1.62. The topological polar surface area (TPSA) is 53.2 Å². The number of aromatic nitrogens is 1. The number of ketones is 1. The second kappa shape index (κ2) is 6.49. The first-order valence-corrected chi connectivity index (χ1v) is 7.96. The Balaban J connectivity index is 1.86. The van der Waals surface area contributed by atoms with Gasteiger partial charge in [0.15, 0.2) is 0 Å². The van der Waals surface area contributed by atoms with Gasteiger partial charge in [-0.1, -0.05) is 41.9 Å². The SMILES string of the molecule is Cc1[nH]c2ccccc2c1C(=O)C(=O)N(C)Cc1cccc(Cl)c1. The molecule has 4 nitrogen and oxygen atoms in total. The van der Waals surface area contributed by atoms with Gasteiger partial charge in [-0.2, -0.15) is 0 Å². The van der Waals surface area contributed by atoms with Crippen molar-refractivity contribution in [1.82, 2.24) is 9.88 Å². The van der Waals surface area contributed by atoms with E-state index >= 15 is 0 Å². The van der Waals surface area contributed by atoms with Crippen LogP contribution in [0.25, 0.3) is 10.9 Å². The number of Topliss-reactive ketones (excluding diaryl/α,β-unsaturated/α-hetero) is 1. The number of rotatable bonds is 4. The van der Waals surface area contributed by atoms with E-state index in [1.54, 1.807) is 26.1 Å². The van der Waals surface area contributed by atoms with E-state index in [-0.39, 0.29) is 0 Å². The van der Waals surface area contributed by atoms with Crippen molar-refractivity contribution in [3.8, 4) is 0 Å². The summed E-state index contributed by atoms with van der Waals surface area (Å²) in [5, 5.41) is 1.37. The lowest BCUT2D eigenvalue weighted by atomic mass is 10.1. The molecule has 0 radical (unpaired) electrons. The van der Waals surface area contributed by atoms with E-state index in [0.717, 1.165) is 16.5 Å². The summed E-state index contributed by atoms with van der Waals surface area (Å²) in [6.45, 7) is 2.13. The molecule has 0 aliphatic heterocycles. The number of aromatic amines is 1. The minimum atomic E-state index is -0.539. The molecule has 0 unspecified atom stereocenters. The molecule has 2 aromatic carbocycles. The Hall–Kier alpha value is -2.59. The van der Waals surface area contributed by atoms with Crippen LogP contribution in [-0.2, 0) is 11.3 Å². The molecule has 0 atom stereocenters. The highest BCUT2D eigenvalue weighted by molar-refractivity contribution is 6.45. The minimum Gasteiger partial charge on any atom is -0.358 e. The molecule has 0 aliphatic carbocycles. The third-order valence-corrected chi connectivity index (χ3v) is 4.21. The first kappa shape index (κ1) is 16.3. The van der Waals surface area contributed by atoms with Gasteiger partial charge in [0, 0.05) is 35.2 Å². The average Bonchev–Trinajstić information content (AvgIpc) is 2.89. The van der Waals surface area contributed by atoms with Crippen molar-refractivity contribution in [3.63, 3.8) is 0 Å². The van der Waals surface area contributed by atoms with Crippen LogP contribution >= 0.6 is 11.6 Å². The summed E-state index contributed by atoms with van der Waals surface area (Å²) in [6.07, 6.45) is 0. The van der Waals surface area contributed by atoms with Crippen molar-refractivity contribution >= 4 is 34.2 Å². The van der Waals surface area contributed by atoms with E-state index in [1.807, 2.05) is 36.4 Å². The summed E-state index contributed by atoms with van der Waals surface area (Å²) in [5.41, 5.74) is 2.87. The van der Waals surface area contributed by atoms with Gasteiger partial charge in [0.25, 0.3) is 11.7 Å². The highest BCUT2D eigenvalue weighted by atomic mass is 35.5. The third-order valence-electron chi connectivity index (χ3n) is 3.97. The van der Waals surface area contributed by atoms with Gasteiger partial charge in [-0.05, 0) is 30.7 Å². The summed E-state index contributed by atoms with van der Waals surface area (Å²) in [4.78, 5) is 29.8. The number of hydrogen-bond donors (Lipinski definition) is 1. The monoisotopic (exact) mass is 340 g/mol. The van der Waals surface area contributed by atoms with Crippen molar-refractivity contribution in [3.05, 3.63) is 70.4 Å². The van der Waals surface area contributed by atoms with E-state index in [1.165, 1.54) is 4.90 Å². The van der Waals surface area contributed by atoms with E-state index in [0.29, 0.717) is 22.8 Å². The number of nitrogens with one attached hydrogen (secondary N) is 1. The van der Waals surface area contributed by atoms with Crippen LogP contribution in [0.5, 0.6) is 0 Å². The Morgan fingerprint density at radius 3 is 2.62 bits per heavy atom. The Morgan fingerprint density at radius 1 is 1.12 bits per heavy atom. The number of nitrogens with zero attached hydrogens (tertiary/aromatic N) is 1. The number of H-pyrrole nitrogens is 1. The first-order valence-electron chi connectivity index (χ1n) is 7.59. The molecular weight excluding hydrogens is 324 g/mol. The second-order valence-electron chi connectivity index (χ2n) is 5.79. The fraction of sp³-hybridized carbons (Fsp3) is 0.158. The number of carbonyl (C=O) groups excluding carboxylic acids is 2. The molecule has 0 aliphatic rings. The quantitative estimate of drug-likeness (QED) is 0.577. The molecule has 1 heterocycles. The van der Waals surface area contributed by atoms with Gasteiger partial charge in [-0.25, -0.2) is 0 Å². The van der Waals surface area contributed by atoms with Crippen LogP contribution in [0.15, 0.2) is 48.5 Å². The van der Waals surface area contributed by atoms with E-state index < -0.39 is 11.7 Å². The van der Waals surface area contributed by atoms with Crippen molar-refractivity contribution in [2.75, 3.05) is 7.05 Å². The molecule has 122 valence electrons. The molecule has 1 N–H and O–H groups in total. The Kier molecular flexibility index (Phi) is 4.40. The summed E-state index contributed by atoms with van der Waals surface area (Å²) in [5.74, 6) is -1.04. The molecule has 0 bridgehead atoms.